The van der Waals surface area contributed by atoms with Gasteiger partial charge in [0.25, 0.3) is 0 Å². The highest BCUT2D eigenvalue weighted by molar-refractivity contribution is 6.33. The largest absolute Gasteiger partial charge is 0.355 e. The molecule has 5 heteroatoms. The van der Waals surface area contributed by atoms with E-state index in [1.54, 1.807) is 0 Å². The Bertz CT molecular complexity index is 800. The zero-order valence-electron chi connectivity index (χ0n) is 16.5. The Morgan fingerprint density at radius 2 is 1.57 bits per heavy atom. The number of rotatable bonds is 3. The summed E-state index contributed by atoms with van der Waals surface area (Å²) in [4.78, 5) is 5.17. The van der Waals surface area contributed by atoms with Gasteiger partial charge in [0, 0.05) is 24.7 Å². The molecule has 1 saturated carbocycles. The van der Waals surface area contributed by atoms with Gasteiger partial charge in [-0.2, -0.15) is 0 Å². The first-order valence-corrected chi connectivity index (χ1v) is 11.2. The molecule has 5 rings (SSSR count). The summed E-state index contributed by atoms with van der Waals surface area (Å²) in [6, 6.07) is 12.9. The summed E-state index contributed by atoms with van der Waals surface area (Å²) in [5, 5.41) is 9.69. The topological polar surface area (TPSA) is 32.3 Å². The summed E-state index contributed by atoms with van der Waals surface area (Å²) in [5.41, 5.74) is 2.35. The molecule has 2 aliphatic heterocycles. The molecule has 28 heavy (non-hydrogen) atoms. The maximum absolute atomic E-state index is 6.29. The first kappa shape index (κ1) is 18.4. The minimum atomic E-state index is 0.571. The number of likely N-dealkylation sites (tertiary alicyclic amines) is 1. The van der Waals surface area contributed by atoms with Crippen LogP contribution >= 0.6 is 11.6 Å². The van der Waals surface area contributed by atoms with Crippen molar-refractivity contribution in [3.63, 3.8) is 0 Å². The fourth-order valence-electron chi connectivity index (χ4n) is 5.13. The van der Waals surface area contributed by atoms with Crippen LogP contribution in [0.1, 0.15) is 44.9 Å². The monoisotopic (exact) mass is 396 g/mol. The fraction of sp³-hybridized carbons (Fsp3) is 0.565. The van der Waals surface area contributed by atoms with Crippen LogP contribution in [0.2, 0.25) is 5.02 Å². The predicted molar refractivity (Wildman–Crippen MR) is 115 cm³/mol. The first-order valence-electron chi connectivity index (χ1n) is 10.8. The molecule has 1 spiro atoms. The summed E-state index contributed by atoms with van der Waals surface area (Å²) in [5.74, 6) is 0.998. The van der Waals surface area contributed by atoms with Crippen molar-refractivity contribution in [3.8, 4) is 11.3 Å². The summed E-state index contributed by atoms with van der Waals surface area (Å²) in [7, 11) is 0. The summed E-state index contributed by atoms with van der Waals surface area (Å²) in [6.45, 7) is 4.83. The van der Waals surface area contributed by atoms with Gasteiger partial charge in [-0.3, -0.25) is 0 Å². The van der Waals surface area contributed by atoms with Crippen molar-refractivity contribution in [1.29, 1.82) is 0 Å². The number of hydrogen-bond acceptors (Lipinski definition) is 4. The van der Waals surface area contributed by atoms with Crippen LogP contribution in [-0.2, 0) is 0 Å². The van der Waals surface area contributed by atoms with E-state index in [9.17, 15) is 0 Å². The zero-order chi connectivity index (χ0) is 19.0. The molecule has 0 atom stereocenters. The number of halogens is 1. The summed E-state index contributed by atoms with van der Waals surface area (Å²) >= 11 is 6.29. The Balaban J connectivity index is 1.20. The number of nitrogens with zero attached hydrogens (tertiary/aromatic N) is 4. The Labute approximate surface area is 172 Å². The maximum atomic E-state index is 6.29. The van der Waals surface area contributed by atoms with Gasteiger partial charge in [-0.05, 0) is 75.2 Å². The first-order chi connectivity index (χ1) is 13.7. The maximum Gasteiger partial charge on any atom is 0.151 e. The van der Waals surface area contributed by atoms with E-state index in [0.29, 0.717) is 5.41 Å². The van der Waals surface area contributed by atoms with Crippen molar-refractivity contribution in [2.24, 2.45) is 5.41 Å². The Morgan fingerprint density at radius 3 is 2.18 bits per heavy atom. The number of aromatic nitrogens is 2. The van der Waals surface area contributed by atoms with E-state index in [1.165, 1.54) is 58.0 Å². The summed E-state index contributed by atoms with van der Waals surface area (Å²) < 4.78 is 0. The lowest BCUT2D eigenvalue weighted by atomic mass is 9.70. The Hall–Kier alpha value is -1.65. The second kappa shape index (κ2) is 7.64. The van der Waals surface area contributed by atoms with Crippen molar-refractivity contribution in [1.82, 2.24) is 15.1 Å². The number of benzene rings is 1. The van der Waals surface area contributed by atoms with E-state index in [-0.39, 0.29) is 0 Å². The molecule has 148 valence electrons. The van der Waals surface area contributed by atoms with Gasteiger partial charge in [-0.25, -0.2) is 0 Å². The van der Waals surface area contributed by atoms with Gasteiger partial charge in [0.05, 0.1) is 10.7 Å². The van der Waals surface area contributed by atoms with Crippen molar-refractivity contribution >= 4 is 17.4 Å². The standard InChI is InChI=1S/C23H29ClN4/c24-20-7-2-1-6-19(20)21-8-9-22(26-25-21)28-16-12-23(13-17-28)10-14-27(15-11-23)18-4-3-5-18/h1-2,6-9,18H,3-5,10-17H2. The average molecular weight is 397 g/mol. The van der Waals surface area contributed by atoms with Gasteiger partial charge in [0.2, 0.25) is 0 Å². The van der Waals surface area contributed by atoms with E-state index in [4.69, 9.17) is 11.6 Å². The highest BCUT2D eigenvalue weighted by atomic mass is 35.5. The van der Waals surface area contributed by atoms with Gasteiger partial charge < -0.3 is 9.80 Å². The molecule has 3 aliphatic rings. The molecule has 3 fully saturated rings. The average Bonchev–Trinajstić information content (AvgIpc) is 2.70. The van der Waals surface area contributed by atoms with Crippen LogP contribution in [0.4, 0.5) is 5.82 Å². The quantitative estimate of drug-likeness (QED) is 0.728. The minimum Gasteiger partial charge on any atom is -0.355 e. The molecule has 1 aromatic heterocycles. The molecule has 2 saturated heterocycles. The van der Waals surface area contributed by atoms with Crippen LogP contribution in [0.15, 0.2) is 36.4 Å². The summed E-state index contributed by atoms with van der Waals surface area (Å²) in [6.07, 6.45) is 9.66. The van der Waals surface area contributed by atoms with E-state index in [0.717, 1.165) is 41.2 Å². The van der Waals surface area contributed by atoms with Gasteiger partial charge >= 0.3 is 0 Å². The molecule has 0 amide bonds. The van der Waals surface area contributed by atoms with Crippen molar-refractivity contribution < 1.29 is 0 Å². The molecule has 0 radical (unpaired) electrons. The van der Waals surface area contributed by atoms with Crippen LogP contribution < -0.4 is 4.90 Å². The molecule has 2 aromatic rings. The van der Waals surface area contributed by atoms with E-state index in [1.807, 2.05) is 30.3 Å². The van der Waals surface area contributed by atoms with Gasteiger partial charge in [0.1, 0.15) is 0 Å². The van der Waals surface area contributed by atoms with Gasteiger partial charge in [0.15, 0.2) is 5.82 Å². The lowest BCUT2D eigenvalue weighted by Crippen LogP contribution is -2.51. The molecule has 0 bridgehead atoms. The Morgan fingerprint density at radius 1 is 0.857 bits per heavy atom. The number of piperidine rings is 2. The Kier molecular flexibility index (Phi) is 5.02. The third-order valence-corrected chi connectivity index (χ3v) is 7.73. The predicted octanol–water partition coefficient (Wildman–Crippen LogP) is 5.03. The highest BCUT2D eigenvalue weighted by Crippen LogP contribution is 2.43. The molecule has 1 aromatic carbocycles. The van der Waals surface area contributed by atoms with Gasteiger partial charge in [-0.1, -0.05) is 36.2 Å². The molecule has 3 heterocycles. The van der Waals surface area contributed by atoms with Crippen molar-refractivity contribution in [2.45, 2.75) is 51.0 Å². The zero-order valence-corrected chi connectivity index (χ0v) is 17.2. The SMILES string of the molecule is Clc1ccccc1-c1ccc(N2CCC3(CC2)CCN(C2CCC2)CC3)nn1. The molecule has 0 unspecified atom stereocenters. The van der Waals surface area contributed by atoms with Crippen LogP contribution in [0, 0.1) is 5.41 Å². The molecular weight excluding hydrogens is 368 g/mol. The van der Waals surface area contributed by atoms with Crippen molar-refractivity contribution in [2.75, 3.05) is 31.1 Å². The normalized spacial score (nSPS) is 23.0. The van der Waals surface area contributed by atoms with Crippen LogP contribution in [0.25, 0.3) is 11.3 Å². The van der Waals surface area contributed by atoms with E-state index >= 15 is 0 Å². The van der Waals surface area contributed by atoms with Gasteiger partial charge in [-0.15, -0.1) is 10.2 Å². The molecule has 1 aliphatic carbocycles. The van der Waals surface area contributed by atoms with E-state index in [2.05, 4.69) is 26.1 Å². The second-order valence-electron chi connectivity index (χ2n) is 8.86. The lowest BCUT2D eigenvalue weighted by Gasteiger charge is -2.50. The van der Waals surface area contributed by atoms with Crippen molar-refractivity contribution in [3.05, 3.63) is 41.4 Å². The van der Waals surface area contributed by atoms with E-state index < -0.39 is 0 Å². The highest BCUT2D eigenvalue weighted by Gasteiger charge is 2.39. The van der Waals surface area contributed by atoms with Crippen LogP contribution in [0.3, 0.4) is 0 Å². The second-order valence-corrected chi connectivity index (χ2v) is 9.27. The smallest absolute Gasteiger partial charge is 0.151 e. The van der Waals surface area contributed by atoms with Crippen LogP contribution in [0.5, 0.6) is 0 Å². The molecule has 0 N–H and O–H groups in total. The fourth-order valence-corrected chi connectivity index (χ4v) is 5.36. The number of hydrogen-bond donors (Lipinski definition) is 0. The lowest BCUT2D eigenvalue weighted by molar-refractivity contribution is 0.0305. The third-order valence-electron chi connectivity index (χ3n) is 7.40. The molecular formula is C23H29ClN4. The number of anilines is 1. The minimum absolute atomic E-state index is 0.571. The third kappa shape index (κ3) is 3.53. The van der Waals surface area contributed by atoms with Crippen LogP contribution in [-0.4, -0.2) is 47.3 Å². The molecule has 4 nitrogen and oxygen atoms in total.